The molecule has 106 valence electrons. The topological polar surface area (TPSA) is 43.7 Å². The summed E-state index contributed by atoms with van der Waals surface area (Å²) in [5.41, 5.74) is 0.448. The van der Waals surface area contributed by atoms with Crippen molar-refractivity contribution in [3.8, 4) is 0 Å². The molecular weight excluding hydrogens is 245 g/mol. The minimum Gasteiger partial charge on any atom is -0.390 e. The Labute approximate surface area is 113 Å². The molecule has 2 rings (SSSR count). The molecule has 0 aliphatic carbocycles. The van der Waals surface area contributed by atoms with Gasteiger partial charge in [-0.1, -0.05) is 6.07 Å². The fourth-order valence-electron chi connectivity index (χ4n) is 2.72. The summed E-state index contributed by atoms with van der Waals surface area (Å²) in [5, 5.41) is 19.9. The predicted molar refractivity (Wildman–Crippen MR) is 73.7 cm³/mol. The van der Waals surface area contributed by atoms with E-state index in [-0.39, 0.29) is 5.82 Å². The van der Waals surface area contributed by atoms with Crippen LogP contribution in [0.1, 0.15) is 44.8 Å². The van der Waals surface area contributed by atoms with Crippen LogP contribution in [-0.2, 0) is 0 Å². The monoisotopic (exact) mass is 267 g/mol. The largest absolute Gasteiger partial charge is 0.390 e. The lowest BCUT2D eigenvalue weighted by atomic mass is 9.98. The Kier molecular flexibility index (Phi) is 4.11. The Hall–Kier alpha value is -1.13. The van der Waals surface area contributed by atoms with Crippen molar-refractivity contribution in [1.82, 2.24) is 0 Å². The average molecular weight is 267 g/mol. The molecule has 1 heterocycles. The van der Waals surface area contributed by atoms with Gasteiger partial charge in [0.05, 0.1) is 11.7 Å². The Morgan fingerprint density at radius 2 is 2.05 bits per heavy atom. The summed E-state index contributed by atoms with van der Waals surface area (Å²) in [7, 11) is 0. The molecule has 1 aliphatic heterocycles. The van der Waals surface area contributed by atoms with Gasteiger partial charge in [-0.2, -0.15) is 0 Å². The molecule has 2 N–H and O–H groups in total. The average Bonchev–Trinajstić information content (AvgIpc) is 2.49. The van der Waals surface area contributed by atoms with E-state index in [0.29, 0.717) is 18.5 Å². The zero-order valence-electron chi connectivity index (χ0n) is 11.6. The van der Waals surface area contributed by atoms with E-state index in [4.69, 9.17) is 0 Å². The van der Waals surface area contributed by atoms with Crippen molar-refractivity contribution in [3.05, 3.63) is 29.6 Å². The first-order valence-electron chi connectivity index (χ1n) is 6.84. The molecule has 0 saturated carbocycles. The molecule has 1 aromatic carbocycles. The number of benzene rings is 1. The van der Waals surface area contributed by atoms with Crippen LogP contribution in [0.5, 0.6) is 0 Å². The quantitative estimate of drug-likeness (QED) is 0.865. The molecule has 4 heteroatoms. The van der Waals surface area contributed by atoms with Crippen LogP contribution < -0.4 is 4.90 Å². The fraction of sp³-hybridized carbons (Fsp3) is 0.600. The molecule has 3 nitrogen and oxygen atoms in total. The van der Waals surface area contributed by atoms with Crippen LogP contribution in [0.3, 0.4) is 0 Å². The molecule has 1 saturated heterocycles. The number of aliphatic hydroxyl groups is 2. The van der Waals surface area contributed by atoms with E-state index in [1.54, 1.807) is 13.0 Å². The first kappa shape index (κ1) is 14.3. The first-order valence-corrected chi connectivity index (χ1v) is 6.84. The number of anilines is 1. The molecule has 0 aromatic heterocycles. The van der Waals surface area contributed by atoms with Crippen molar-refractivity contribution in [1.29, 1.82) is 0 Å². The van der Waals surface area contributed by atoms with Crippen LogP contribution in [0.15, 0.2) is 18.2 Å². The summed E-state index contributed by atoms with van der Waals surface area (Å²) < 4.78 is 13.9. The Morgan fingerprint density at radius 3 is 2.74 bits per heavy atom. The lowest BCUT2D eigenvalue weighted by Crippen LogP contribution is -2.29. The van der Waals surface area contributed by atoms with Gasteiger partial charge >= 0.3 is 0 Å². The van der Waals surface area contributed by atoms with E-state index in [1.165, 1.54) is 6.07 Å². The number of hydrogen-bond donors (Lipinski definition) is 2. The zero-order chi connectivity index (χ0) is 14.0. The standard InChI is InChI=1S/C15H22FNO2/c1-11(18)14-12(16)5-3-6-13(14)17-9-4-7-15(2,19)8-10-17/h3,5-6,11,18-19H,4,7-10H2,1-2H3/t11-,15?/m1/s1. The van der Waals surface area contributed by atoms with Gasteiger partial charge in [-0.05, 0) is 45.2 Å². The second-order valence-corrected chi connectivity index (χ2v) is 5.69. The third kappa shape index (κ3) is 3.25. The van der Waals surface area contributed by atoms with Crippen molar-refractivity contribution in [3.63, 3.8) is 0 Å². The minimum atomic E-state index is -0.833. The summed E-state index contributed by atoms with van der Waals surface area (Å²) in [6.45, 7) is 4.88. The van der Waals surface area contributed by atoms with Crippen LogP contribution in [0.25, 0.3) is 0 Å². The van der Waals surface area contributed by atoms with E-state index in [2.05, 4.69) is 4.90 Å². The molecule has 0 amide bonds. The van der Waals surface area contributed by atoms with Crippen molar-refractivity contribution < 1.29 is 14.6 Å². The number of halogens is 1. The third-order valence-corrected chi connectivity index (χ3v) is 3.85. The van der Waals surface area contributed by atoms with Crippen LogP contribution in [0, 0.1) is 5.82 Å². The molecule has 1 aliphatic rings. The second kappa shape index (κ2) is 5.47. The third-order valence-electron chi connectivity index (χ3n) is 3.85. The lowest BCUT2D eigenvalue weighted by Gasteiger charge is -2.27. The molecule has 0 bridgehead atoms. The van der Waals surface area contributed by atoms with E-state index in [0.717, 1.165) is 25.1 Å². The van der Waals surface area contributed by atoms with Crippen LogP contribution >= 0.6 is 0 Å². The SMILES string of the molecule is C[C@@H](O)c1c(F)cccc1N1CCCC(C)(O)CC1. The summed E-state index contributed by atoms with van der Waals surface area (Å²) in [6.07, 6.45) is 1.44. The normalized spacial score (nSPS) is 26.1. The van der Waals surface area contributed by atoms with Gasteiger partial charge in [-0.3, -0.25) is 0 Å². The van der Waals surface area contributed by atoms with Gasteiger partial charge in [0, 0.05) is 24.3 Å². The summed E-state index contributed by atoms with van der Waals surface area (Å²) >= 11 is 0. The highest BCUT2D eigenvalue weighted by molar-refractivity contribution is 5.55. The highest BCUT2D eigenvalue weighted by atomic mass is 19.1. The molecule has 0 radical (unpaired) electrons. The highest BCUT2D eigenvalue weighted by Crippen LogP contribution is 2.32. The maximum absolute atomic E-state index is 13.9. The fourth-order valence-corrected chi connectivity index (χ4v) is 2.72. The Morgan fingerprint density at radius 1 is 1.32 bits per heavy atom. The predicted octanol–water partition coefficient (Wildman–Crippen LogP) is 2.62. The van der Waals surface area contributed by atoms with Gasteiger partial charge in [0.15, 0.2) is 0 Å². The molecule has 0 spiro atoms. The summed E-state index contributed by atoms with van der Waals surface area (Å²) in [5.74, 6) is -0.372. The van der Waals surface area contributed by atoms with Crippen molar-refractivity contribution >= 4 is 5.69 Å². The van der Waals surface area contributed by atoms with Gasteiger partial charge in [0.1, 0.15) is 5.82 Å². The number of hydrogen-bond acceptors (Lipinski definition) is 3. The van der Waals surface area contributed by atoms with Gasteiger partial charge in [0.2, 0.25) is 0 Å². The molecular formula is C15H22FNO2. The van der Waals surface area contributed by atoms with E-state index in [9.17, 15) is 14.6 Å². The van der Waals surface area contributed by atoms with Gasteiger partial charge in [0.25, 0.3) is 0 Å². The number of aliphatic hydroxyl groups excluding tert-OH is 1. The molecule has 1 aromatic rings. The Balaban J connectivity index is 2.29. The van der Waals surface area contributed by atoms with E-state index >= 15 is 0 Å². The van der Waals surface area contributed by atoms with Crippen LogP contribution in [-0.4, -0.2) is 28.9 Å². The molecule has 1 fully saturated rings. The second-order valence-electron chi connectivity index (χ2n) is 5.69. The highest BCUT2D eigenvalue weighted by Gasteiger charge is 2.27. The number of nitrogens with zero attached hydrogens (tertiary/aromatic N) is 1. The minimum absolute atomic E-state index is 0.351. The zero-order valence-corrected chi connectivity index (χ0v) is 11.6. The van der Waals surface area contributed by atoms with Gasteiger partial charge < -0.3 is 15.1 Å². The van der Waals surface area contributed by atoms with E-state index < -0.39 is 11.7 Å². The Bertz CT molecular complexity index is 446. The lowest BCUT2D eigenvalue weighted by molar-refractivity contribution is 0.0481. The van der Waals surface area contributed by atoms with E-state index in [1.807, 2.05) is 13.0 Å². The number of rotatable bonds is 2. The summed E-state index contributed by atoms with van der Waals surface area (Å²) in [6, 6.07) is 4.88. The van der Waals surface area contributed by atoms with Crippen LogP contribution in [0.4, 0.5) is 10.1 Å². The maximum atomic E-state index is 13.9. The van der Waals surface area contributed by atoms with Crippen molar-refractivity contribution in [2.24, 2.45) is 0 Å². The molecule has 19 heavy (non-hydrogen) atoms. The smallest absolute Gasteiger partial charge is 0.131 e. The van der Waals surface area contributed by atoms with Gasteiger partial charge in [-0.15, -0.1) is 0 Å². The van der Waals surface area contributed by atoms with Crippen LogP contribution in [0.2, 0.25) is 0 Å². The van der Waals surface area contributed by atoms with Crippen molar-refractivity contribution in [2.75, 3.05) is 18.0 Å². The molecule has 1 unspecified atom stereocenters. The molecule has 2 atom stereocenters. The first-order chi connectivity index (χ1) is 8.91. The van der Waals surface area contributed by atoms with Crippen molar-refractivity contribution in [2.45, 2.75) is 44.8 Å². The van der Waals surface area contributed by atoms with Gasteiger partial charge in [-0.25, -0.2) is 4.39 Å². The summed E-state index contributed by atoms with van der Waals surface area (Å²) in [4.78, 5) is 2.06. The maximum Gasteiger partial charge on any atom is 0.131 e.